The van der Waals surface area contributed by atoms with E-state index in [1.807, 2.05) is 0 Å². The summed E-state index contributed by atoms with van der Waals surface area (Å²) < 4.78 is 37.9. The van der Waals surface area contributed by atoms with Gasteiger partial charge in [-0.2, -0.15) is 13.2 Å². The molecule has 2 aromatic rings. The Kier molecular flexibility index (Phi) is 5.50. The average Bonchev–Trinajstić information content (AvgIpc) is 3.09. The zero-order valence-corrected chi connectivity index (χ0v) is 15.4. The van der Waals surface area contributed by atoms with E-state index in [-0.39, 0.29) is 18.2 Å². The summed E-state index contributed by atoms with van der Waals surface area (Å²) >= 11 is 1.29. The number of aromatic nitrogens is 1. The van der Waals surface area contributed by atoms with Crippen LogP contribution in [0.15, 0.2) is 29.6 Å². The topological polar surface area (TPSA) is 53.5 Å². The summed E-state index contributed by atoms with van der Waals surface area (Å²) in [6, 6.07) is 4.81. The predicted octanol–water partition coefficient (Wildman–Crippen LogP) is 3.06. The number of thiazole rings is 1. The van der Waals surface area contributed by atoms with E-state index < -0.39 is 11.7 Å². The Hall–Kier alpha value is -2.42. The molecule has 0 N–H and O–H groups in total. The van der Waals surface area contributed by atoms with Gasteiger partial charge in [0.1, 0.15) is 5.01 Å². The van der Waals surface area contributed by atoms with Gasteiger partial charge in [0, 0.05) is 44.0 Å². The maximum absolute atomic E-state index is 12.6. The first-order valence-corrected chi connectivity index (χ1v) is 9.27. The maximum atomic E-state index is 12.6. The molecule has 3 rings (SSSR count). The molecule has 9 heteroatoms. The van der Waals surface area contributed by atoms with E-state index in [9.17, 15) is 22.8 Å². The number of piperazine rings is 1. The Labute approximate surface area is 158 Å². The molecule has 27 heavy (non-hydrogen) atoms. The first kappa shape index (κ1) is 19.3. The number of amides is 2. The second-order valence-electron chi connectivity index (χ2n) is 6.28. The van der Waals surface area contributed by atoms with Crippen LogP contribution < -0.4 is 0 Å². The molecular formula is C18H18F3N3O2S. The van der Waals surface area contributed by atoms with Crippen molar-refractivity contribution >= 4 is 23.2 Å². The van der Waals surface area contributed by atoms with Crippen molar-refractivity contribution in [1.82, 2.24) is 14.8 Å². The summed E-state index contributed by atoms with van der Waals surface area (Å²) in [7, 11) is 0. The molecule has 1 aromatic heterocycles. The van der Waals surface area contributed by atoms with Gasteiger partial charge in [0.2, 0.25) is 11.8 Å². The van der Waals surface area contributed by atoms with E-state index in [1.165, 1.54) is 30.4 Å². The molecule has 1 aliphatic rings. The molecule has 1 aromatic carbocycles. The van der Waals surface area contributed by atoms with Crippen molar-refractivity contribution in [3.63, 3.8) is 0 Å². The highest BCUT2D eigenvalue weighted by Gasteiger charge is 2.30. The van der Waals surface area contributed by atoms with Crippen LogP contribution >= 0.6 is 11.3 Å². The van der Waals surface area contributed by atoms with Crippen LogP contribution in [0.4, 0.5) is 13.2 Å². The van der Waals surface area contributed by atoms with Gasteiger partial charge in [-0.05, 0) is 12.1 Å². The van der Waals surface area contributed by atoms with Crippen molar-refractivity contribution in [1.29, 1.82) is 0 Å². The van der Waals surface area contributed by atoms with E-state index >= 15 is 0 Å². The molecule has 1 aliphatic heterocycles. The Balaban J connectivity index is 1.61. The third-order valence-electron chi connectivity index (χ3n) is 4.42. The first-order valence-electron chi connectivity index (χ1n) is 8.39. The number of rotatable bonds is 3. The highest BCUT2D eigenvalue weighted by molar-refractivity contribution is 7.13. The summed E-state index contributed by atoms with van der Waals surface area (Å²) in [5, 5.41) is 2.32. The van der Waals surface area contributed by atoms with E-state index in [1.54, 1.807) is 15.2 Å². The lowest BCUT2D eigenvalue weighted by molar-refractivity contribution is -0.138. The molecule has 5 nitrogen and oxygen atoms in total. The first-order chi connectivity index (χ1) is 12.7. The van der Waals surface area contributed by atoms with Crippen LogP contribution in [0.3, 0.4) is 0 Å². The highest BCUT2D eigenvalue weighted by atomic mass is 32.1. The number of carbonyl (C=O) groups excluding carboxylic acids is 2. The SMILES string of the molecule is CC(=O)N1CCN(C(=O)Cc2csc(-c3ccc(C(F)(F)F)cc3)n2)CC1. The van der Waals surface area contributed by atoms with Crippen LogP contribution in [0.25, 0.3) is 10.6 Å². The minimum absolute atomic E-state index is 0.00258. The van der Waals surface area contributed by atoms with Crippen LogP contribution in [0.5, 0.6) is 0 Å². The molecule has 144 valence electrons. The summed E-state index contributed by atoms with van der Waals surface area (Å²) in [5.41, 5.74) is 0.471. The molecule has 0 unspecified atom stereocenters. The van der Waals surface area contributed by atoms with Crippen molar-refractivity contribution in [3.05, 3.63) is 40.9 Å². The molecule has 0 aliphatic carbocycles. The van der Waals surface area contributed by atoms with Gasteiger partial charge in [0.15, 0.2) is 0 Å². The van der Waals surface area contributed by atoms with Gasteiger partial charge in [0.25, 0.3) is 0 Å². The largest absolute Gasteiger partial charge is 0.416 e. The van der Waals surface area contributed by atoms with E-state index in [0.29, 0.717) is 42.4 Å². The summed E-state index contributed by atoms with van der Waals surface area (Å²) in [6.45, 7) is 3.54. The van der Waals surface area contributed by atoms with E-state index in [4.69, 9.17) is 0 Å². The van der Waals surface area contributed by atoms with Crippen molar-refractivity contribution in [2.75, 3.05) is 26.2 Å². The van der Waals surface area contributed by atoms with Gasteiger partial charge in [0.05, 0.1) is 17.7 Å². The Bertz CT molecular complexity index is 825. The van der Waals surface area contributed by atoms with Gasteiger partial charge in [-0.25, -0.2) is 4.98 Å². The molecule has 2 heterocycles. The second kappa shape index (κ2) is 7.67. The molecular weight excluding hydrogens is 379 g/mol. The summed E-state index contributed by atoms with van der Waals surface area (Å²) in [4.78, 5) is 31.5. The Morgan fingerprint density at radius 3 is 2.22 bits per heavy atom. The van der Waals surface area contributed by atoms with E-state index in [2.05, 4.69) is 4.98 Å². The minimum atomic E-state index is -4.37. The van der Waals surface area contributed by atoms with Crippen molar-refractivity contribution < 1.29 is 22.8 Å². The number of hydrogen-bond donors (Lipinski definition) is 0. The van der Waals surface area contributed by atoms with Crippen LogP contribution in [0.1, 0.15) is 18.2 Å². The Morgan fingerprint density at radius 2 is 1.67 bits per heavy atom. The fourth-order valence-corrected chi connectivity index (χ4v) is 3.69. The van der Waals surface area contributed by atoms with E-state index in [0.717, 1.165) is 12.1 Å². The lowest BCUT2D eigenvalue weighted by Gasteiger charge is -2.34. The van der Waals surface area contributed by atoms with Gasteiger partial charge in [-0.15, -0.1) is 11.3 Å². The smallest absolute Gasteiger partial charge is 0.339 e. The fraction of sp³-hybridized carbons (Fsp3) is 0.389. The standard InChI is InChI=1S/C18H18F3N3O2S/c1-12(25)23-6-8-24(9-7-23)16(26)10-15-11-27-17(22-15)13-2-4-14(5-3-13)18(19,20)21/h2-5,11H,6-10H2,1H3. The molecule has 0 atom stereocenters. The van der Waals surface area contributed by atoms with Crippen LogP contribution in [0, 0.1) is 0 Å². The average molecular weight is 397 g/mol. The van der Waals surface area contributed by atoms with Gasteiger partial charge in [-0.1, -0.05) is 12.1 Å². The summed E-state index contributed by atoms with van der Waals surface area (Å²) in [6.07, 6.45) is -4.23. The number of alkyl halides is 3. The number of nitrogens with zero attached hydrogens (tertiary/aromatic N) is 3. The number of carbonyl (C=O) groups is 2. The van der Waals surface area contributed by atoms with Gasteiger partial charge in [-0.3, -0.25) is 9.59 Å². The monoisotopic (exact) mass is 397 g/mol. The minimum Gasteiger partial charge on any atom is -0.339 e. The fourth-order valence-electron chi connectivity index (χ4n) is 2.86. The third-order valence-corrected chi connectivity index (χ3v) is 5.36. The van der Waals surface area contributed by atoms with Crippen molar-refractivity contribution in [2.45, 2.75) is 19.5 Å². The molecule has 2 amide bonds. The normalized spacial score (nSPS) is 15.1. The van der Waals surface area contributed by atoms with Crippen LogP contribution in [-0.4, -0.2) is 52.8 Å². The number of benzene rings is 1. The molecule has 0 saturated carbocycles. The van der Waals surface area contributed by atoms with Gasteiger partial charge >= 0.3 is 6.18 Å². The highest BCUT2D eigenvalue weighted by Crippen LogP contribution is 2.31. The number of hydrogen-bond acceptors (Lipinski definition) is 4. The number of halogens is 3. The van der Waals surface area contributed by atoms with Gasteiger partial charge < -0.3 is 9.80 Å². The molecule has 0 spiro atoms. The molecule has 0 bridgehead atoms. The lowest BCUT2D eigenvalue weighted by atomic mass is 10.1. The van der Waals surface area contributed by atoms with Crippen molar-refractivity contribution in [3.8, 4) is 10.6 Å². The zero-order valence-electron chi connectivity index (χ0n) is 14.6. The van der Waals surface area contributed by atoms with Crippen LogP contribution in [0.2, 0.25) is 0 Å². The maximum Gasteiger partial charge on any atom is 0.416 e. The molecule has 0 radical (unpaired) electrons. The zero-order chi connectivity index (χ0) is 19.6. The predicted molar refractivity (Wildman–Crippen MR) is 95.1 cm³/mol. The lowest BCUT2D eigenvalue weighted by Crippen LogP contribution is -2.50. The quantitative estimate of drug-likeness (QED) is 0.800. The molecule has 1 saturated heterocycles. The second-order valence-corrected chi connectivity index (χ2v) is 7.14. The van der Waals surface area contributed by atoms with Crippen LogP contribution in [-0.2, 0) is 22.2 Å². The Morgan fingerprint density at radius 1 is 1.07 bits per heavy atom. The van der Waals surface area contributed by atoms with Crippen molar-refractivity contribution in [2.24, 2.45) is 0 Å². The summed E-state index contributed by atoms with van der Waals surface area (Å²) in [5.74, 6) is -0.0646. The third kappa shape index (κ3) is 4.65. The molecule has 1 fully saturated rings.